The molecule has 0 spiro atoms. The van der Waals surface area contributed by atoms with Crippen molar-refractivity contribution in [1.82, 2.24) is 19.6 Å². The number of fused-ring (bicyclic) bond motifs is 1. The highest BCUT2D eigenvalue weighted by Crippen LogP contribution is 2.14. The van der Waals surface area contributed by atoms with Crippen molar-refractivity contribution in [2.24, 2.45) is 0 Å². The van der Waals surface area contributed by atoms with Crippen LogP contribution in [-0.2, 0) is 0 Å². The molecule has 2 heterocycles. The molecular formula is C12H19N5S. The van der Waals surface area contributed by atoms with Gasteiger partial charge in [-0.1, -0.05) is 6.92 Å². The number of nitrogens with one attached hydrogen (secondary N) is 1. The van der Waals surface area contributed by atoms with Gasteiger partial charge in [0.2, 0.25) is 5.65 Å². The zero-order valence-corrected chi connectivity index (χ0v) is 11.9. The minimum atomic E-state index is 0.389. The highest BCUT2D eigenvalue weighted by atomic mass is 32.2. The largest absolute Gasteiger partial charge is 0.364 e. The zero-order valence-electron chi connectivity index (χ0n) is 11.1. The number of hydrogen-bond donors (Lipinski definition) is 1. The van der Waals surface area contributed by atoms with E-state index in [2.05, 4.69) is 34.3 Å². The first-order chi connectivity index (χ1) is 8.72. The monoisotopic (exact) mass is 265 g/mol. The third-order valence-electron chi connectivity index (χ3n) is 2.78. The number of hydrogen-bond acceptors (Lipinski definition) is 5. The van der Waals surface area contributed by atoms with Crippen LogP contribution in [0.1, 0.15) is 26.1 Å². The van der Waals surface area contributed by atoms with Crippen LogP contribution in [-0.4, -0.2) is 37.1 Å². The summed E-state index contributed by atoms with van der Waals surface area (Å²) in [5, 5.41) is 11.6. The second-order valence-corrected chi connectivity index (χ2v) is 5.64. The lowest BCUT2D eigenvalue weighted by atomic mass is 10.2. The van der Waals surface area contributed by atoms with Gasteiger partial charge in [0.25, 0.3) is 0 Å². The smallest absolute Gasteiger partial charge is 0.203 e. The predicted molar refractivity (Wildman–Crippen MR) is 76.2 cm³/mol. The van der Waals surface area contributed by atoms with Gasteiger partial charge in [0.15, 0.2) is 5.82 Å². The van der Waals surface area contributed by atoms with E-state index in [1.165, 1.54) is 11.5 Å². The van der Waals surface area contributed by atoms with Crippen molar-refractivity contribution in [2.45, 2.75) is 33.2 Å². The van der Waals surface area contributed by atoms with Gasteiger partial charge in [0.1, 0.15) is 5.82 Å². The fourth-order valence-electron chi connectivity index (χ4n) is 1.75. The van der Waals surface area contributed by atoms with Crippen molar-refractivity contribution in [3.8, 4) is 0 Å². The molecule has 0 bridgehead atoms. The molecule has 2 rings (SSSR count). The highest BCUT2D eigenvalue weighted by molar-refractivity contribution is 7.99. The standard InChI is InChI=1S/C12H19N5S/c1-4-18-8-5-9(2)14-11-12-16-15-10(3)17(12)7-6-13-11/h6-7,9H,4-5,8H2,1-3H3,(H,13,14). The molecule has 5 nitrogen and oxygen atoms in total. The summed E-state index contributed by atoms with van der Waals surface area (Å²) in [5.41, 5.74) is 0.796. The highest BCUT2D eigenvalue weighted by Gasteiger charge is 2.10. The summed E-state index contributed by atoms with van der Waals surface area (Å²) in [6.45, 7) is 6.29. The van der Waals surface area contributed by atoms with Crippen molar-refractivity contribution in [3.63, 3.8) is 0 Å². The molecule has 1 atom stereocenters. The summed E-state index contributed by atoms with van der Waals surface area (Å²) < 4.78 is 1.95. The summed E-state index contributed by atoms with van der Waals surface area (Å²) in [7, 11) is 0. The quantitative estimate of drug-likeness (QED) is 0.813. The Morgan fingerprint density at radius 2 is 2.28 bits per heavy atom. The summed E-state index contributed by atoms with van der Waals surface area (Å²) in [6, 6.07) is 0.389. The van der Waals surface area contributed by atoms with Gasteiger partial charge in [-0.2, -0.15) is 11.8 Å². The average molecular weight is 265 g/mol. The van der Waals surface area contributed by atoms with Gasteiger partial charge in [-0.05, 0) is 31.8 Å². The first-order valence-electron chi connectivity index (χ1n) is 6.23. The van der Waals surface area contributed by atoms with E-state index in [1.54, 1.807) is 6.20 Å². The average Bonchev–Trinajstić information content (AvgIpc) is 2.73. The molecule has 2 aromatic rings. The third kappa shape index (κ3) is 2.93. The number of thioether (sulfide) groups is 1. The molecular weight excluding hydrogens is 246 g/mol. The van der Waals surface area contributed by atoms with Crippen molar-refractivity contribution in [1.29, 1.82) is 0 Å². The Morgan fingerprint density at radius 3 is 3.06 bits per heavy atom. The molecule has 98 valence electrons. The Balaban J connectivity index is 2.07. The summed E-state index contributed by atoms with van der Waals surface area (Å²) in [6.07, 6.45) is 4.78. The van der Waals surface area contributed by atoms with Gasteiger partial charge in [0.05, 0.1) is 0 Å². The van der Waals surface area contributed by atoms with E-state index in [0.717, 1.165) is 23.7 Å². The Morgan fingerprint density at radius 1 is 1.44 bits per heavy atom. The van der Waals surface area contributed by atoms with Crippen LogP contribution in [0.3, 0.4) is 0 Å². The van der Waals surface area contributed by atoms with Gasteiger partial charge in [-0.25, -0.2) is 4.98 Å². The predicted octanol–water partition coefficient (Wildman–Crippen LogP) is 2.38. The lowest BCUT2D eigenvalue weighted by Crippen LogP contribution is -2.17. The maximum absolute atomic E-state index is 4.35. The summed E-state index contributed by atoms with van der Waals surface area (Å²) >= 11 is 1.96. The van der Waals surface area contributed by atoms with Gasteiger partial charge in [-0.3, -0.25) is 4.40 Å². The van der Waals surface area contributed by atoms with E-state index in [9.17, 15) is 0 Å². The van der Waals surface area contributed by atoms with Crippen molar-refractivity contribution in [2.75, 3.05) is 16.8 Å². The minimum Gasteiger partial charge on any atom is -0.364 e. The molecule has 6 heteroatoms. The lowest BCUT2D eigenvalue weighted by Gasteiger charge is -2.14. The van der Waals surface area contributed by atoms with Crippen LogP contribution >= 0.6 is 11.8 Å². The molecule has 0 radical (unpaired) electrons. The van der Waals surface area contributed by atoms with E-state index in [1.807, 2.05) is 29.3 Å². The maximum Gasteiger partial charge on any atom is 0.203 e. The lowest BCUT2D eigenvalue weighted by molar-refractivity contribution is 0.766. The number of rotatable bonds is 6. The molecule has 1 unspecified atom stereocenters. The third-order valence-corrected chi connectivity index (χ3v) is 3.71. The number of aryl methyl sites for hydroxylation is 1. The van der Waals surface area contributed by atoms with E-state index in [-0.39, 0.29) is 0 Å². The zero-order chi connectivity index (χ0) is 13.0. The molecule has 0 aromatic carbocycles. The normalized spacial score (nSPS) is 12.8. The molecule has 0 saturated heterocycles. The molecule has 0 aliphatic carbocycles. The molecule has 2 aromatic heterocycles. The van der Waals surface area contributed by atoms with E-state index >= 15 is 0 Å². The van der Waals surface area contributed by atoms with Gasteiger partial charge < -0.3 is 5.32 Å². The molecule has 1 N–H and O–H groups in total. The topological polar surface area (TPSA) is 55.1 Å². The van der Waals surface area contributed by atoms with Crippen LogP contribution in [0.2, 0.25) is 0 Å². The van der Waals surface area contributed by atoms with Crippen LogP contribution in [0, 0.1) is 6.92 Å². The Kier molecular flexibility index (Phi) is 4.41. The maximum atomic E-state index is 4.35. The molecule has 0 fully saturated rings. The van der Waals surface area contributed by atoms with Crippen LogP contribution in [0.25, 0.3) is 5.65 Å². The fraction of sp³-hybridized carbons (Fsp3) is 0.583. The van der Waals surface area contributed by atoms with Crippen LogP contribution in [0.4, 0.5) is 5.82 Å². The number of anilines is 1. The van der Waals surface area contributed by atoms with Gasteiger partial charge in [0, 0.05) is 18.4 Å². The number of nitrogens with zero attached hydrogens (tertiary/aromatic N) is 4. The first kappa shape index (κ1) is 13.1. The van der Waals surface area contributed by atoms with Crippen molar-refractivity contribution in [3.05, 3.63) is 18.2 Å². The Hall–Kier alpha value is -1.30. The van der Waals surface area contributed by atoms with Gasteiger partial charge >= 0.3 is 0 Å². The summed E-state index contributed by atoms with van der Waals surface area (Å²) in [5.74, 6) is 4.03. The molecule has 0 aliphatic rings. The van der Waals surface area contributed by atoms with Crippen molar-refractivity contribution < 1.29 is 0 Å². The second-order valence-electron chi connectivity index (χ2n) is 4.25. The second kappa shape index (κ2) is 6.04. The van der Waals surface area contributed by atoms with E-state index in [0.29, 0.717) is 6.04 Å². The Bertz CT molecular complexity index is 510. The molecule has 0 aliphatic heterocycles. The SMILES string of the molecule is CCSCCC(C)Nc1nccn2c(C)nnc12. The Labute approximate surface area is 111 Å². The first-order valence-corrected chi connectivity index (χ1v) is 7.38. The molecule has 0 amide bonds. The number of aromatic nitrogens is 4. The van der Waals surface area contributed by atoms with E-state index < -0.39 is 0 Å². The minimum absolute atomic E-state index is 0.389. The van der Waals surface area contributed by atoms with Crippen molar-refractivity contribution >= 4 is 23.2 Å². The summed E-state index contributed by atoms with van der Waals surface area (Å²) in [4.78, 5) is 4.35. The van der Waals surface area contributed by atoms with Crippen LogP contribution < -0.4 is 5.32 Å². The molecule has 0 saturated carbocycles. The van der Waals surface area contributed by atoms with E-state index in [4.69, 9.17) is 0 Å². The van der Waals surface area contributed by atoms with Gasteiger partial charge in [-0.15, -0.1) is 10.2 Å². The van der Waals surface area contributed by atoms with Crippen LogP contribution in [0.5, 0.6) is 0 Å². The fourth-order valence-corrected chi connectivity index (χ4v) is 2.56. The van der Waals surface area contributed by atoms with Crippen LogP contribution in [0.15, 0.2) is 12.4 Å². The molecule has 18 heavy (non-hydrogen) atoms.